The maximum atomic E-state index is 10.8. The van der Waals surface area contributed by atoms with Crippen molar-refractivity contribution in [1.82, 2.24) is 4.90 Å². The second kappa shape index (κ2) is 2.48. The van der Waals surface area contributed by atoms with Crippen LogP contribution >= 0.6 is 0 Å². The third-order valence-corrected chi connectivity index (χ3v) is 2.79. The number of hydrogen-bond donors (Lipinski definition) is 1. The second-order valence-corrected chi connectivity index (χ2v) is 3.61. The van der Waals surface area contributed by atoms with Gasteiger partial charge in [0.15, 0.2) is 0 Å². The van der Waals surface area contributed by atoms with Gasteiger partial charge in [-0.2, -0.15) is 0 Å². The Bertz CT molecular complexity index is 238. The minimum Gasteiger partial charge on any atom is -0.351 e. The van der Waals surface area contributed by atoms with E-state index in [1.54, 1.807) is 7.05 Å². The molecule has 68 valence electrons. The number of hydrogen-bond acceptors (Lipinski definition) is 1. The SMILES string of the molecule is C=C(N(C)C(N)=O)[N+]1(C)CC1C. The Hall–Kier alpha value is -1.03. The van der Waals surface area contributed by atoms with Crippen LogP contribution in [0, 0.1) is 0 Å². The summed E-state index contributed by atoms with van der Waals surface area (Å²) in [4.78, 5) is 12.2. The minimum absolute atomic E-state index is 0.446. The largest absolute Gasteiger partial charge is 0.351 e. The zero-order valence-electron chi connectivity index (χ0n) is 7.87. The molecule has 2 N–H and O–H groups in total. The number of nitrogens with two attached hydrogens (primary N) is 1. The molecule has 0 bridgehead atoms. The van der Waals surface area contributed by atoms with Crippen molar-refractivity contribution in [1.29, 1.82) is 0 Å². The lowest BCUT2D eigenvalue weighted by Crippen LogP contribution is -2.39. The molecule has 0 aliphatic carbocycles. The molecule has 1 aliphatic rings. The number of quaternary nitrogens is 1. The first-order chi connectivity index (χ1) is 5.39. The molecule has 0 radical (unpaired) electrons. The van der Waals surface area contributed by atoms with Gasteiger partial charge in [0.2, 0.25) is 5.82 Å². The van der Waals surface area contributed by atoms with E-state index in [-0.39, 0.29) is 0 Å². The predicted octanol–water partition coefficient (Wildman–Crippen LogP) is 0.317. The van der Waals surface area contributed by atoms with E-state index in [0.29, 0.717) is 6.04 Å². The van der Waals surface area contributed by atoms with Crippen LogP contribution in [0.1, 0.15) is 6.92 Å². The third kappa shape index (κ3) is 1.18. The number of carbonyl (C=O) groups is 1. The van der Waals surface area contributed by atoms with Crippen LogP contribution in [0.5, 0.6) is 0 Å². The Kier molecular flexibility index (Phi) is 1.88. The molecule has 2 unspecified atom stereocenters. The summed E-state index contributed by atoms with van der Waals surface area (Å²) in [6.45, 7) is 7.02. The zero-order valence-corrected chi connectivity index (χ0v) is 7.87. The van der Waals surface area contributed by atoms with Crippen molar-refractivity contribution in [3.8, 4) is 0 Å². The monoisotopic (exact) mass is 170 g/mol. The smallest absolute Gasteiger partial charge is 0.322 e. The van der Waals surface area contributed by atoms with Crippen LogP contribution in [0.4, 0.5) is 4.79 Å². The highest BCUT2D eigenvalue weighted by Crippen LogP contribution is 2.34. The van der Waals surface area contributed by atoms with Gasteiger partial charge in [0.1, 0.15) is 12.6 Å². The van der Waals surface area contributed by atoms with Crippen molar-refractivity contribution in [2.75, 3.05) is 20.6 Å². The number of nitrogens with zero attached hydrogens (tertiary/aromatic N) is 2. The quantitative estimate of drug-likeness (QED) is 0.470. The first kappa shape index (κ1) is 9.06. The maximum Gasteiger partial charge on any atom is 0.322 e. The molecule has 1 heterocycles. The molecule has 0 aromatic carbocycles. The van der Waals surface area contributed by atoms with Crippen molar-refractivity contribution >= 4 is 6.03 Å². The van der Waals surface area contributed by atoms with Crippen LogP contribution in [-0.2, 0) is 0 Å². The lowest BCUT2D eigenvalue weighted by atomic mass is 10.5. The first-order valence-electron chi connectivity index (χ1n) is 3.97. The highest BCUT2D eigenvalue weighted by atomic mass is 16.2. The van der Waals surface area contributed by atoms with Crippen LogP contribution < -0.4 is 5.73 Å². The molecule has 0 saturated carbocycles. The van der Waals surface area contributed by atoms with E-state index in [1.807, 2.05) is 7.05 Å². The van der Waals surface area contributed by atoms with Gasteiger partial charge in [0.25, 0.3) is 0 Å². The molecular formula is C8H16N3O+. The molecule has 4 nitrogen and oxygen atoms in total. The summed E-state index contributed by atoms with van der Waals surface area (Å²) in [5.74, 6) is 0.773. The molecule has 1 rings (SSSR count). The third-order valence-electron chi connectivity index (χ3n) is 2.79. The van der Waals surface area contributed by atoms with Gasteiger partial charge in [0, 0.05) is 7.05 Å². The fourth-order valence-electron chi connectivity index (χ4n) is 1.33. The summed E-state index contributed by atoms with van der Waals surface area (Å²) in [7, 11) is 3.70. The number of rotatable bonds is 2. The topological polar surface area (TPSA) is 46.3 Å². The van der Waals surface area contributed by atoms with E-state index in [9.17, 15) is 4.79 Å². The number of carbonyl (C=O) groups excluding carboxylic acids is 1. The molecule has 2 amide bonds. The molecule has 1 fully saturated rings. The Morgan fingerprint density at radius 2 is 2.17 bits per heavy atom. The van der Waals surface area contributed by atoms with Crippen LogP contribution in [-0.4, -0.2) is 42.1 Å². The number of primary amides is 1. The number of likely N-dealkylation sites (N-methyl/N-ethyl adjacent to an activating group) is 1. The summed E-state index contributed by atoms with van der Waals surface area (Å²) in [5, 5.41) is 0. The van der Waals surface area contributed by atoms with Crippen LogP contribution in [0.2, 0.25) is 0 Å². The van der Waals surface area contributed by atoms with Gasteiger partial charge in [-0.15, -0.1) is 0 Å². The Morgan fingerprint density at radius 1 is 1.75 bits per heavy atom. The van der Waals surface area contributed by atoms with Crippen molar-refractivity contribution in [3.05, 3.63) is 12.4 Å². The molecule has 0 spiro atoms. The van der Waals surface area contributed by atoms with E-state index in [0.717, 1.165) is 16.8 Å². The highest BCUT2D eigenvalue weighted by Gasteiger charge is 2.52. The standard InChI is InChI=1S/C8H15N3O/c1-6-5-11(6,4)7(2)10(3)8(9)12/h6H,2,5H2,1,3-4H3,(H-,9,12)/p+1. The summed E-state index contributed by atoms with van der Waals surface area (Å²) in [5.41, 5.74) is 5.12. The summed E-state index contributed by atoms with van der Waals surface area (Å²) < 4.78 is 0.736. The minimum atomic E-state index is -0.446. The summed E-state index contributed by atoms with van der Waals surface area (Å²) in [6.07, 6.45) is 0. The molecular weight excluding hydrogens is 154 g/mol. The highest BCUT2D eigenvalue weighted by molar-refractivity contribution is 5.73. The lowest BCUT2D eigenvalue weighted by Gasteiger charge is -2.22. The molecule has 1 aliphatic heterocycles. The van der Waals surface area contributed by atoms with Crippen molar-refractivity contribution in [2.24, 2.45) is 5.73 Å². The van der Waals surface area contributed by atoms with Crippen molar-refractivity contribution in [2.45, 2.75) is 13.0 Å². The Morgan fingerprint density at radius 3 is 2.42 bits per heavy atom. The van der Waals surface area contributed by atoms with Gasteiger partial charge in [0.05, 0.1) is 7.05 Å². The van der Waals surface area contributed by atoms with Crippen LogP contribution in [0.3, 0.4) is 0 Å². The molecule has 0 aromatic heterocycles. The van der Waals surface area contributed by atoms with Crippen molar-refractivity contribution in [3.63, 3.8) is 0 Å². The van der Waals surface area contributed by atoms with E-state index in [1.165, 1.54) is 4.90 Å². The molecule has 1 saturated heterocycles. The number of urea groups is 1. The Balaban J connectivity index is 2.66. The van der Waals surface area contributed by atoms with E-state index >= 15 is 0 Å². The first-order valence-corrected chi connectivity index (χ1v) is 3.97. The average molecular weight is 170 g/mol. The molecule has 4 heteroatoms. The fourth-order valence-corrected chi connectivity index (χ4v) is 1.33. The van der Waals surface area contributed by atoms with E-state index in [2.05, 4.69) is 13.5 Å². The second-order valence-electron chi connectivity index (χ2n) is 3.61. The molecule has 0 aromatic rings. The Labute approximate surface area is 72.8 Å². The fraction of sp³-hybridized carbons (Fsp3) is 0.625. The van der Waals surface area contributed by atoms with Gasteiger partial charge >= 0.3 is 6.03 Å². The summed E-state index contributed by atoms with van der Waals surface area (Å²) in [6, 6.07) is 0.109. The molecule has 12 heavy (non-hydrogen) atoms. The number of amides is 2. The predicted molar refractivity (Wildman–Crippen MR) is 47.0 cm³/mol. The summed E-state index contributed by atoms with van der Waals surface area (Å²) >= 11 is 0. The van der Waals surface area contributed by atoms with Gasteiger partial charge in [-0.05, 0) is 13.5 Å². The molecule has 2 atom stereocenters. The van der Waals surface area contributed by atoms with Gasteiger partial charge in [-0.1, -0.05) is 0 Å². The van der Waals surface area contributed by atoms with E-state index in [4.69, 9.17) is 5.73 Å². The van der Waals surface area contributed by atoms with Crippen LogP contribution in [0.15, 0.2) is 12.4 Å². The van der Waals surface area contributed by atoms with Crippen LogP contribution in [0.25, 0.3) is 0 Å². The zero-order chi connectivity index (χ0) is 9.52. The lowest BCUT2D eigenvalue weighted by molar-refractivity contribution is -0.757. The van der Waals surface area contributed by atoms with E-state index < -0.39 is 6.03 Å². The van der Waals surface area contributed by atoms with Gasteiger partial charge in [-0.3, -0.25) is 9.38 Å². The average Bonchev–Trinajstić information content (AvgIpc) is 2.58. The normalized spacial score (nSPS) is 32.8. The van der Waals surface area contributed by atoms with Crippen molar-refractivity contribution < 1.29 is 9.28 Å². The van der Waals surface area contributed by atoms with Gasteiger partial charge in [-0.25, -0.2) is 4.79 Å². The van der Waals surface area contributed by atoms with Gasteiger partial charge < -0.3 is 5.73 Å². The maximum absolute atomic E-state index is 10.8.